The first-order valence-electron chi connectivity index (χ1n) is 6.79. The van der Waals surface area contributed by atoms with Crippen molar-refractivity contribution in [3.63, 3.8) is 0 Å². The lowest BCUT2D eigenvalue weighted by Gasteiger charge is -2.32. The molecule has 0 heterocycles. The molecule has 2 aliphatic carbocycles. The van der Waals surface area contributed by atoms with Crippen molar-refractivity contribution >= 4 is 0 Å². The van der Waals surface area contributed by atoms with Crippen molar-refractivity contribution in [1.29, 1.82) is 0 Å². The Morgan fingerprint density at radius 1 is 1.18 bits per heavy atom. The molecule has 0 aromatic rings. The van der Waals surface area contributed by atoms with Crippen molar-refractivity contribution in [3.8, 4) is 0 Å². The monoisotopic (exact) mass is 242 g/mol. The molecule has 2 fully saturated rings. The standard InChI is InChI=1S/C13H26N2O2/c1-16-13(17-2)7-12(8-14)15(11-5-6-11)9-10-3-4-10/h10-13H,3-9,14H2,1-2H3. The van der Waals surface area contributed by atoms with Gasteiger partial charge >= 0.3 is 0 Å². The van der Waals surface area contributed by atoms with E-state index < -0.39 is 0 Å². The molecule has 2 saturated carbocycles. The molecule has 0 aromatic heterocycles. The molecule has 0 radical (unpaired) electrons. The molecular formula is C13H26N2O2. The molecule has 0 saturated heterocycles. The molecule has 1 unspecified atom stereocenters. The minimum Gasteiger partial charge on any atom is -0.356 e. The van der Waals surface area contributed by atoms with Crippen LogP contribution in [0.15, 0.2) is 0 Å². The molecule has 2 aliphatic rings. The average Bonchev–Trinajstić information content (AvgIpc) is 3.20. The first-order chi connectivity index (χ1) is 8.28. The Kier molecular flexibility index (Phi) is 4.79. The number of hydrogen-bond acceptors (Lipinski definition) is 4. The third-order valence-electron chi connectivity index (χ3n) is 3.91. The molecular weight excluding hydrogens is 216 g/mol. The molecule has 0 bridgehead atoms. The molecule has 0 aromatic carbocycles. The van der Waals surface area contributed by atoms with Crippen LogP contribution in [0.3, 0.4) is 0 Å². The van der Waals surface area contributed by atoms with Gasteiger partial charge in [-0.1, -0.05) is 0 Å². The average molecular weight is 242 g/mol. The third-order valence-corrected chi connectivity index (χ3v) is 3.91. The Bertz CT molecular complexity index is 225. The first kappa shape index (κ1) is 13.3. The Labute approximate surface area is 104 Å². The Morgan fingerprint density at radius 3 is 2.24 bits per heavy atom. The molecule has 0 amide bonds. The van der Waals surface area contributed by atoms with E-state index in [0.717, 1.165) is 18.4 Å². The normalized spacial score (nSPS) is 22.4. The zero-order chi connectivity index (χ0) is 12.3. The predicted octanol–water partition coefficient (Wildman–Crippen LogP) is 1.20. The number of methoxy groups -OCH3 is 2. The zero-order valence-electron chi connectivity index (χ0n) is 11.1. The fourth-order valence-electron chi connectivity index (χ4n) is 2.48. The van der Waals surface area contributed by atoms with E-state index in [-0.39, 0.29) is 6.29 Å². The summed E-state index contributed by atoms with van der Waals surface area (Å²) in [6.07, 6.45) is 6.25. The summed E-state index contributed by atoms with van der Waals surface area (Å²) in [7, 11) is 3.40. The quantitative estimate of drug-likeness (QED) is 0.617. The summed E-state index contributed by atoms with van der Waals surface area (Å²) in [5.41, 5.74) is 5.94. The maximum atomic E-state index is 5.94. The lowest BCUT2D eigenvalue weighted by molar-refractivity contribution is -0.117. The van der Waals surface area contributed by atoms with Crippen LogP contribution in [0.5, 0.6) is 0 Å². The van der Waals surface area contributed by atoms with Crippen LogP contribution >= 0.6 is 0 Å². The van der Waals surface area contributed by atoms with Crippen molar-refractivity contribution in [2.24, 2.45) is 11.7 Å². The van der Waals surface area contributed by atoms with Gasteiger partial charge in [-0.05, 0) is 31.6 Å². The van der Waals surface area contributed by atoms with Crippen LogP contribution in [0.25, 0.3) is 0 Å². The molecule has 2 rings (SSSR count). The van der Waals surface area contributed by atoms with Crippen molar-refractivity contribution in [3.05, 3.63) is 0 Å². The van der Waals surface area contributed by atoms with Gasteiger partial charge in [-0.2, -0.15) is 0 Å². The highest BCUT2D eigenvalue weighted by Gasteiger charge is 2.37. The molecule has 1 atom stereocenters. The summed E-state index contributed by atoms with van der Waals surface area (Å²) in [4.78, 5) is 2.61. The van der Waals surface area contributed by atoms with Crippen LogP contribution < -0.4 is 5.73 Å². The number of nitrogens with two attached hydrogens (primary N) is 1. The van der Waals surface area contributed by atoms with Gasteiger partial charge in [-0.3, -0.25) is 4.90 Å². The van der Waals surface area contributed by atoms with Crippen molar-refractivity contribution in [2.75, 3.05) is 27.3 Å². The number of ether oxygens (including phenoxy) is 2. The molecule has 0 spiro atoms. The fourth-order valence-corrected chi connectivity index (χ4v) is 2.48. The van der Waals surface area contributed by atoms with Gasteiger partial charge in [-0.15, -0.1) is 0 Å². The van der Waals surface area contributed by atoms with E-state index in [4.69, 9.17) is 15.2 Å². The highest BCUT2D eigenvalue weighted by Crippen LogP contribution is 2.36. The van der Waals surface area contributed by atoms with Gasteiger partial charge in [-0.25, -0.2) is 0 Å². The Morgan fingerprint density at radius 2 is 1.82 bits per heavy atom. The van der Waals surface area contributed by atoms with Gasteiger partial charge in [0.25, 0.3) is 0 Å². The maximum absolute atomic E-state index is 5.94. The maximum Gasteiger partial charge on any atom is 0.158 e. The lowest BCUT2D eigenvalue weighted by atomic mass is 10.1. The van der Waals surface area contributed by atoms with Crippen LogP contribution in [0.1, 0.15) is 32.1 Å². The molecule has 4 nitrogen and oxygen atoms in total. The lowest BCUT2D eigenvalue weighted by Crippen LogP contribution is -2.45. The molecule has 2 N–H and O–H groups in total. The Balaban J connectivity index is 1.87. The van der Waals surface area contributed by atoms with Gasteiger partial charge in [0, 0.05) is 45.8 Å². The smallest absolute Gasteiger partial charge is 0.158 e. The van der Waals surface area contributed by atoms with Crippen molar-refractivity contribution in [2.45, 2.75) is 50.5 Å². The highest BCUT2D eigenvalue weighted by atomic mass is 16.7. The summed E-state index contributed by atoms with van der Waals surface area (Å²) in [6, 6.07) is 1.19. The second kappa shape index (κ2) is 6.14. The van der Waals surface area contributed by atoms with Gasteiger partial charge in [0.15, 0.2) is 6.29 Å². The fraction of sp³-hybridized carbons (Fsp3) is 1.00. The molecule has 100 valence electrons. The van der Waals surface area contributed by atoms with E-state index in [1.54, 1.807) is 14.2 Å². The van der Waals surface area contributed by atoms with Crippen molar-refractivity contribution in [1.82, 2.24) is 4.90 Å². The third kappa shape index (κ3) is 3.91. The van der Waals surface area contributed by atoms with Gasteiger partial charge in [0.1, 0.15) is 0 Å². The largest absolute Gasteiger partial charge is 0.356 e. The first-order valence-corrected chi connectivity index (χ1v) is 6.79. The second-order valence-electron chi connectivity index (χ2n) is 5.40. The summed E-state index contributed by atoms with van der Waals surface area (Å²) < 4.78 is 10.6. The van der Waals surface area contributed by atoms with E-state index in [1.165, 1.54) is 32.2 Å². The van der Waals surface area contributed by atoms with Gasteiger partial charge < -0.3 is 15.2 Å². The summed E-state index contributed by atoms with van der Waals surface area (Å²) in [5.74, 6) is 0.924. The SMILES string of the molecule is COC(CC(CN)N(CC1CC1)C1CC1)OC. The van der Waals surface area contributed by atoms with Crippen LogP contribution in [0, 0.1) is 5.92 Å². The van der Waals surface area contributed by atoms with E-state index in [0.29, 0.717) is 12.6 Å². The van der Waals surface area contributed by atoms with E-state index in [9.17, 15) is 0 Å². The van der Waals surface area contributed by atoms with Crippen LogP contribution in [0.2, 0.25) is 0 Å². The summed E-state index contributed by atoms with van der Waals surface area (Å²) >= 11 is 0. The Hall–Kier alpha value is -0.160. The summed E-state index contributed by atoms with van der Waals surface area (Å²) in [5, 5.41) is 0. The van der Waals surface area contributed by atoms with Crippen LogP contribution in [-0.4, -0.2) is 50.6 Å². The predicted molar refractivity (Wildman–Crippen MR) is 67.7 cm³/mol. The zero-order valence-corrected chi connectivity index (χ0v) is 11.1. The highest BCUT2D eigenvalue weighted by molar-refractivity contribution is 4.92. The number of nitrogens with zero attached hydrogens (tertiary/aromatic N) is 1. The van der Waals surface area contributed by atoms with E-state index >= 15 is 0 Å². The summed E-state index contributed by atoms with van der Waals surface area (Å²) in [6.45, 7) is 1.93. The topological polar surface area (TPSA) is 47.7 Å². The molecule has 0 aliphatic heterocycles. The minimum absolute atomic E-state index is 0.121. The number of rotatable bonds is 9. The van der Waals surface area contributed by atoms with Crippen molar-refractivity contribution < 1.29 is 9.47 Å². The molecule has 4 heteroatoms. The molecule has 17 heavy (non-hydrogen) atoms. The minimum atomic E-state index is -0.121. The van der Waals surface area contributed by atoms with Gasteiger partial charge in [0.2, 0.25) is 0 Å². The second-order valence-corrected chi connectivity index (χ2v) is 5.40. The van der Waals surface area contributed by atoms with Crippen LogP contribution in [0.4, 0.5) is 0 Å². The van der Waals surface area contributed by atoms with Crippen LogP contribution in [-0.2, 0) is 9.47 Å². The van der Waals surface area contributed by atoms with Gasteiger partial charge in [0.05, 0.1) is 0 Å². The number of hydrogen-bond donors (Lipinski definition) is 1. The van der Waals surface area contributed by atoms with E-state index in [1.807, 2.05) is 0 Å². The van der Waals surface area contributed by atoms with E-state index in [2.05, 4.69) is 4.90 Å².